The van der Waals surface area contributed by atoms with E-state index in [1.54, 1.807) is 13.4 Å². The molecule has 3 heterocycles. The first-order chi connectivity index (χ1) is 20.1. The number of aryl methyl sites for hydroxylation is 1. The fourth-order valence-corrected chi connectivity index (χ4v) is 7.23. The summed E-state index contributed by atoms with van der Waals surface area (Å²) in [5.74, 6) is -0.0285. The van der Waals surface area contributed by atoms with E-state index in [1.165, 1.54) is 11.3 Å². The van der Waals surface area contributed by atoms with Gasteiger partial charge >= 0.3 is 0 Å². The summed E-state index contributed by atoms with van der Waals surface area (Å²) in [7, 11) is 1.64. The van der Waals surface area contributed by atoms with Crippen LogP contribution < -0.4 is 10.2 Å². The van der Waals surface area contributed by atoms with E-state index in [9.17, 15) is 9.90 Å². The van der Waals surface area contributed by atoms with E-state index in [0.29, 0.717) is 18.7 Å². The van der Waals surface area contributed by atoms with E-state index in [1.807, 2.05) is 35.2 Å². The van der Waals surface area contributed by atoms with Crippen molar-refractivity contribution >= 4 is 48.8 Å². The number of halogens is 3. The highest BCUT2D eigenvalue weighted by molar-refractivity contribution is 5.98. The van der Waals surface area contributed by atoms with Crippen molar-refractivity contribution in [3.8, 4) is 11.3 Å². The number of aromatic nitrogens is 2. The number of hydrogen-bond donors (Lipinski definition) is 2. The number of hydrogen-bond acceptors (Lipinski definition) is 6. The fourth-order valence-electron chi connectivity index (χ4n) is 7.23. The Labute approximate surface area is 279 Å². The van der Waals surface area contributed by atoms with Gasteiger partial charge in [-0.3, -0.25) is 4.79 Å². The molecule has 1 aromatic heterocycles. The van der Waals surface area contributed by atoms with Gasteiger partial charge in [-0.05, 0) is 43.7 Å². The third-order valence-electron chi connectivity index (χ3n) is 9.28. The van der Waals surface area contributed by atoms with Crippen LogP contribution in [0.1, 0.15) is 60.6 Å². The highest BCUT2D eigenvalue weighted by Gasteiger charge is 2.42. The molecule has 2 N–H and O–H groups in total. The van der Waals surface area contributed by atoms with Gasteiger partial charge in [-0.1, -0.05) is 61.4 Å². The Bertz CT molecular complexity index is 1340. The van der Waals surface area contributed by atoms with Crippen LogP contribution in [-0.2, 0) is 11.2 Å². The van der Waals surface area contributed by atoms with Crippen LogP contribution in [0.4, 0.5) is 5.69 Å². The molecule has 2 fully saturated rings. The number of benzene rings is 2. The largest absolute Gasteiger partial charge is 0.385 e. The minimum atomic E-state index is -1.00. The molecule has 3 atom stereocenters. The van der Waals surface area contributed by atoms with Crippen LogP contribution >= 0.6 is 37.2 Å². The van der Waals surface area contributed by atoms with Gasteiger partial charge in [-0.15, -0.1) is 37.2 Å². The third-order valence-corrected chi connectivity index (χ3v) is 9.28. The maximum Gasteiger partial charge on any atom is 0.275 e. The quantitative estimate of drug-likeness (QED) is 0.328. The highest BCUT2D eigenvalue weighted by atomic mass is 35.5. The zero-order chi connectivity index (χ0) is 28.2. The molecule has 3 aromatic rings. The van der Waals surface area contributed by atoms with E-state index >= 15 is 0 Å². The Morgan fingerprint density at radius 3 is 2.61 bits per heavy atom. The number of aliphatic hydroxyl groups is 1. The van der Waals surface area contributed by atoms with Gasteiger partial charge in [0.05, 0.1) is 24.7 Å². The van der Waals surface area contributed by atoms with Crippen LogP contribution in [-0.4, -0.2) is 83.5 Å². The summed E-state index contributed by atoms with van der Waals surface area (Å²) in [6.45, 7) is 4.43. The summed E-state index contributed by atoms with van der Waals surface area (Å²) in [6, 6.07) is 18.6. The first-order valence-corrected chi connectivity index (χ1v) is 15.3. The van der Waals surface area contributed by atoms with E-state index in [0.717, 1.165) is 76.0 Å². The second-order valence-corrected chi connectivity index (χ2v) is 11.9. The second-order valence-electron chi connectivity index (χ2n) is 11.9. The molecule has 0 unspecified atom stereocenters. The lowest BCUT2D eigenvalue weighted by molar-refractivity contribution is -0.0893. The van der Waals surface area contributed by atoms with E-state index < -0.39 is 5.60 Å². The van der Waals surface area contributed by atoms with Gasteiger partial charge in [-0.25, -0.2) is 4.98 Å². The average Bonchev–Trinajstić information content (AvgIpc) is 3.45. The number of imidazole rings is 1. The van der Waals surface area contributed by atoms with Gasteiger partial charge in [0.2, 0.25) is 0 Å². The molecular weight excluding hydrogens is 621 g/mol. The Hall–Kier alpha value is -2.33. The Morgan fingerprint density at radius 2 is 1.82 bits per heavy atom. The van der Waals surface area contributed by atoms with Crippen molar-refractivity contribution in [2.45, 2.75) is 62.6 Å². The lowest BCUT2D eigenvalue weighted by Crippen LogP contribution is -2.54. The predicted octanol–water partition coefficient (Wildman–Crippen LogP) is 5.57. The molecule has 1 amide bonds. The summed E-state index contributed by atoms with van der Waals surface area (Å²) < 4.78 is 7.53. The Balaban J connectivity index is 0.00000176. The lowest BCUT2D eigenvalue weighted by atomic mass is 9.80. The predicted molar refractivity (Wildman–Crippen MR) is 183 cm³/mol. The monoisotopic (exact) mass is 665 g/mol. The number of carbonyl (C=O) groups is 1. The first-order valence-electron chi connectivity index (χ1n) is 15.3. The van der Waals surface area contributed by atoms with Gasteiger partial charge in [0.15, 0.2) is 5.69 Å². The number of carbonyl (C=O) groups excluding carboxylic acids is 1. The van der Waals surface area contributed by atoms with Crippen molar-refractivity contribution in [1.29, 1.82) is 0 Å². The van der Waals surface area contributed by atoms with Crippen molar-refractivity contribution in [1.82, 2.24) is 19.8 Å². The molecule has 11 heteroatoms. The molecule has 242 valence electrons. The van der Waals surface area contributed by atoms with Crippen molar-refractivity contribution in [2.75, 3.05) is 51.3 Å². The molecule has 8 nitrogen and oxygen atoms in total. The number of para-hydroxylation sites is 1. The van der Waals surface area contributed by atoms with Crippen LogP contribution in [0, 0.1) is 0 Å². The topological polar surface area (TPSA) is 82.9 Å². The molecule has 2 aliphatic heterocycles. The minimum Gasteiger partial charge on any atom is -0.385 e. The molecule has 1 saturated heterocycles. The van der Waals surface area contributed by atoms with Gasteiger partial charge in [0, 0.05) is 57.1 Å². The van der Waals surface area contributed by atoms with Crippen LogP contribution in [0.2, 0.25) is 0 Å². The maximum atomic E-state index is 14.4. The van der Waals surface area contributed by atoms with Gasteiger partial charge in [-0.2, -0.15) is 0 Å². The van der Waals surface area contributed by atoms with Crippen molar-refractivity contribution < 1.29 is 14.6 Å². The normalized spacial score (nSPS) is 23.0. The van der Waals surface area contributed by atoms with E-state index in [4.69, 9.17) is 9.72 Å². The van der Waals surface area contributed by atoms with Crippen molar-refractivity contribution in [3.63, 3.8) is 0 Å². The molecule has 2 aromatic carbocycles. The number of anilines is 1. The zero-order valence-corrected chi connectivity index (χ0v) is 27.8. The van der Waals surface area contributed by atoms with Crippen molar-refractivity contribution in [2.24, 2.45) is 0 Å². The summed E-state index contributed by atoms with van der Waals surface area (Å²) in [4.78, 5) is 23.7. The molecule has 1 saturated carbocycles. The highest BCUT2D eigenvalue weighted by Crippen LogP contribution is 2.41. The molecular formula is C33H46Cl3N5O3. The molecule has 6 rings (SSSR count). The number of nitrogens with zero attached hydrogens (tertiary/aromatic N) is 4. The molecule has 0 spiro atoms. The van der Waals surface area contributed by atoms with Crippen LogP contribution in [0.5, 0.6) is 0 Å². The minimum absolute atomic E-state index is 0. The first kappa shape index (κ1) is 36.1. The number of rotatable bonds is 8. The molecule has 1 aliphatic carbocycles. The number of amides is 1. The average molecular weight is 667 g/mol. The number of methoxy groups -OCH3 is 1. The van der Waals surface area contributed by atoms with Gasteiger partial charge < -0.3 is 29.5 Å². The zero-order valence-electron chi connectivity index (χ0n) is 25.4. The summed E-state index contributed by atoms with van der Waals surface area (Å²) in [5.41, 5.74) is 3.95. The molecule has 3 aliphatic rings. The number of nitrogens with one attached hydrogen (secondary N) is 1. The Morgan fingerprint density at radius 1 is 1.05 bits per heavy atom. The van der Waals surface area contributed by atoms with Gasteiger partial charge in [0.1, 0.15) is 5.60 Å². The van der Waals surface area contributed by atoms with E-state index in [-0.39, 0.29) is 61.8 Å². The summed E-state index contributed by atoms with van der Waals surface area (Å²) >= 11 is 0. The van der Waals surface area contributed by atoms with Gasteiger partial charge in [0.25, 0.3) is 5.91 Å². The number of piperazine rings is 1. The maximum absolute atomic E-state index is 14.4. The second kappa shape index (κ2) is 16.3. The van der Waals surface area contributed by atoms with E-state index in [2.05, 4.69) is 39.0 Å². The van der Waals surface area contributed by atoms with Crippen molar-refractivity contribution in [3.05, 3.63) is 72.2 Å². The number of ether oxygens (including phenoxy) is 1. The molecule has 0 radical (unpaired) electrons. The third kappa shape index (κ3) is 7.38. The SMILES string of the molecule is COC[C@]1(O)CCCC[C@H]1n1cnc(C(=O)N2CCNC[C@H]2CCN2CCCc3ccccc32)c1-c1ccccc1.Cl.Cl.Cl. The molecule has 0 bridgehead atoms. The lowest BCUT2D eigenvalue weighted by Gasteiger charge is -2.41. The smallest absolute Gasteiger partial charge is 0.275 e. The molecule has 44 heavy (non-hydrogen) atoms. The van der Waals surface area contributed by atoms with Crippen LogP contribution in [0.25, 0.3) is 11.3 Å². The number of fused-ring (bicyclic) bond motifs is 1. The standard InChI is InChI=1S/C33H43N5O3.3ClH/c1-41-23-33(40)17-8-7-15-29(33)38-24-35-30(31(38)26-11-3-2-4-12-26)32(39)37-21-18-34-22-27(37)16-20-36-19-9-13-25-10-5-6-14-28(25)36;;;/h2-6,10-12,14,24,27,29,34,40H,7-9,13,15-23H2,1H3;3*1H/t27-,29-,33-;;;/m1.../s1. The van der Waals surface area contributed by atoms with Crippen LogP contribution in [0.3, 0.4) is 0 Å². The fraction of sp³-hybridized carbons (Fsp3) is 0.515. The van der Waals surface area contributed by atoms with Crippen LogP contribution in [0.15, 0.2) is 60.9 Å². The summed E-state index contributed by atoms with van der Waals surface area (Å²) in [5, 5.41) is 15.2. The Kier molecular flexibility index (Phi) is 13.4. The summed E-state index contributed by atoms with van der Waals surface area (Å²) in [6.07, 6.45) is 8.43.